The summed E-state index contributed by atoms with van der Waals surface area (Å²) in [6.07, 6.45) is 0. The van der Waals surface area contributed by atoms with Crippen LogP contribution in [-0.4, -0.2) is 90.8 Å². The van der Waals surface area contributed by atoms with E-state index in [9.17, 15) is 14.4 Å². The van der Waals surface area contributed by atoms with Crippen molar-refractivity contribution in [1.82, 2.24) is 19.8 Å². The number of piperazine rings is 1. The van der Waals surface area contributed by atoms with Gasteiger partial charge in [-0.25, -0.2) is 19.6 Å². The Morgan fingerprint density at radius 3 is 2.40 bits per heavy atom. The van der Waals surface area contributed by atoms with Gasteiger partial charge in [0, 0.05) is 38.3 Å². The van der Waals surface area contributed by atoms with Crippen molar-refractivity contribution >= 4 is 23.6 Å². The summed E-state index contributed by atoms with van der Waals surface area (Å²) in [7, 11) is 3.04. The van der Waals surface area contributed by atoms with Crippen LogP contribution in [0.25, 0.3) is 11.4 Å². The van der Waals surface area contributed by atoms with Gasteiger partial charge in [0.25, 0.3) is 5.91 Å². The molecule has 3 amide bonds. The van der Waals surface area contributed by atoms with E-state index in [1.165, 1.54) is 14.2 Å². The van der Waals surface area contributed by atoms with E-state index in [1.54, 1.807) is 28.9 Å². The Bertz CT molecular complexity index is 1370. The molecule has 210 valence electrons. The molecule has 1 saturated heterocycles. The lowest BCUT2D eigenvalue weighted by Crippen LogP contribution is -2.56. The van der Waals surface area contributed by atoms with Crippen molar-refractivity contribution in [3.05, 3.63) is 71.5 Å². The van der Waals surface area contributed by atoms with Crippen LogP contribution in [0.2, 0.25) is 0 Å². The Kier molecular flexibility index (Phi) is 9.28. The van der Waals surface area contributed by atoms with Crippen LogP contribution in [0.1, 0.15) is 33.5 Å². The summed E-state index contributed by atoms with van der Waals surface area (Å²) in [4.78, 5) is 52.3. The van der Waals surface area contributed by atoms with E-state index in [0.717, 1.165) is 0 Å². The van der Waals surface area contributed by atoms with Crippen molar-refractivity contribution in [2.45, 2.75) is 19.9 Å². The largest absolute Gasteiger partial charge is 0.495 e. The number of nitrogens with one attached hydrogen (secondary N) is 1. The number of rotatable bonds is 8. The zero-order valence-corrected chi connectivity index (χ0v) is 23.0. The first-order chi connectivity index (χ1) is 19.3. The van der Waals surface area contributed by atoms with Gasteiger partial charge in [-0.2, -0.15) is 0 Å². The predicted molar refractivity (Wildman–Crippen MR) is 148 cm³/mol. The van der Waals surface area contributed by atoms with E-state index in [4.69, 9.17) is 14.2 Å². The minimum absolute atomic E-state index is 0.0183. The van der Waals surface area contributed by atoms with Gasteiger partial charge in [-0.15, -0.1) is 0 Å². The molecule has 0 saturated carbocycles. The maximum absolute atomic E-state index is 13.9. The lowest BCUT2D eigenvalue weighted by Gasteiger charge is -2.39. The molecule has 1 aromatic heterocycles. The highest BCUT2D eigenvalue weighted by atomic mass is 16.6. The number of aryl methyl sites for hydroxylation is 1. The van der Waals surface area contributed by atoms with E-state index in [2.05, 4.69) is 15.3 Å². The van der Waals surface area contributed by atoms with Crippen LogP contribution in [0.15, 0.2) is 54.6 Å². The number of benzene rings is 2. The average molecular weight is 548 g/mol. The number of esters is 1. The summed E-state index contributed by atoms with van der Waals surface area (Å²) in [6, 6.07) is 15.8. The number of methoxy groups -OCH3 is 2. The number of carbonyl (C=O) groups is 3. The maximum Gasteiger partial charge on any atom is 0.342 e. The normalized spacial score (nSPS) is 14.9. The van der Waals surface area contributed by atoms with Gasteiger partial charge in [0.05, 0.1) is 25.1 Å². The molecule has 1 N–H and O–H groups in total. The van der Waals surface area contributed by atoms with Crippen LogP contribution in [0.5, 0.6) is 5.75 Å². The fourth-order valence-electron chi connectivity index (χ4n) is 4.51. The van der Waals surface area contributed by atoms with Gasteiger partial charge < -0.3 is 29.3 Å². The monoisotopic (exact) mass is 547 g/mol. The fourth-order valence-corrected chi connectivity index (χ4v) is 4.51. The van der Waals surface area contributed by atoms with Crippen LogP contribution >= 0.6 is 0 Å². The molecule has 11 nitrogen and oxygen atoms in total. The maximum atomic E-state index is 13.9. The lowest BCUT2D eigenvalue weighted by molar-refractivity contribution is 0.0378. The standard InChI is InChI=1S/C29H33N5O6/c1-19-18-33(14-15-34(19)29(37)31-22-12-8-9-13-23(22)39-4)27(35)25-24(28(36)40-17-16-38-3)20(2)30-26(32-25)21-10-6-5-7-11-21/h5-13,19H,14-18H2,1-4H3,(H,31,37). The Morgan fingerprint density at radius 2 is 1.70 bits per heavy atom. The van der Waals surface area contributed by atoms with Crippen molar-refractivity contribution in [3.8, 4) is 17.1 Å². The molecule has 0 bridgehead atoms. The van der Waals surface area contributed by atoms with Crippen LogP contribution in [0.3, 0.4) is 0 Å². The molecule has 0 aliphatic carbocycles. The number of carbonyl (C=O) groups excluding carboxylic acids is 3. The van der Waals surface area contributed by atoms with E-state index in [1.807, 2.05) is 49.4 Å². The molecule has 1 atom stereocenters. The van der Waals surface area contributed by atoms with Crippen molar-refractivity contribution in [2.75, 3.05) is 52.4 Å². The molecule has 2 heterocycles. The van der Waals surface area contributed by atoms with Crippen molar-refractivity contribution < 1.29 is 28.6 Å². The zero-order valence-electron chi connectivity index (χ0n) is 23.0. The van der Waals surface area contributed by atoms with Gasteiger partial charge in [0.1, 0.15) is 23.6 Å². The Labute approximate surface area is 233 Å². The molecule has 40 heavy (non-hydrogen) atoms. The predicted octanol–water partition coefficient (Wildman–Crippen LogP) is 3.64. The Balaban J connectivity index is 1.57. The number of hydrogen-bond acceptors (Lipinski definition) is 8. The topological polar surface area (TPSA) is 123 Å². The van der Waals surface area contributed by atoms with Gasteiger partial charge in [-0.3, -0.25) is 4.79 Å². The highest BCUT2D eigenvalue weighted by Gasteiger charge is 2.34. The summed E-state index contributed by atoms with van der Waals surface area (Å²) in [5.74, 6) is -0.244. The summed E-state index contributed by atoms with van der Waals surface area (Å²) in [5, 5.41) is 2.89. The van der Waals surface area contributed by atoms with Crippen molar-refractivity contribution in [1.29, 1.82) is 0 Å². The molecule has 4 rings (SSSR count). The molecular weight excluding hydrogens is 514 g/mol. The van der Waals surface area contributed by atoms with Gasteiger partial charge >= 0.3 is 12.0 Å². The first-order valence-corrected chi connectivity index (χ1v) is 12.9. The number of anilines is 1. The summed E-state index contributed by atoms with van der Waals surface area (Å²) in [6.45, 7) is 4.55. The van der Waals surface area contributed by atoms with Crippen LogP contribution < -0.4 is 10.1 Å². The summed E-state index contributed by atoms with van der Waals surface area (Å²) >= 11 is 0. The second-order valence-corrected chi connectivity index (χ2v) is 9.27. The minimum atomic E-state index is -0.694. The van der Waals surface area contributed by atoms with Gasteiger partial charge in [-0.05, 0) is 26.0 Å². The molecule has 1 aliphatic rings. The number of para-hydroxylation sites is 2. The zero-order chi connectivity index (χ0) is 28.6. The summed E-state index contributed by atoms with van der Waals surface area (Å²) in [5.41, 5.74) is 1.59. The molecule has 0 radical (unpaired) electrons. The van der Waals surface area contributed by atoms with Gasteiger partial charge in [-0.1, -0.05) is 42.5 Å². The first kappa shape index (κ1) is 28.5. The highest BCUT2D eigenvalue weighted by Crippen LogP contribution is 2.25. The number of aromatic nitrogens is 2. The van der Waals surface area contributed by atoms with Gasteiger partial charge in [0.15, 0.2) is 5.82 Å². The minimum Gasteiger partial charge on any atom is -0.495 e. The smallest absolute Gasteiger partial charge is 0.342 e. The third kappa shape index (κ3) is 6.37. The molecule has 3 aromatic rings. The average Bonchev–Trinajstić information content (AvgIpc) is 2.97. The number of hydrogen-bond donors (Lipinski definition) is 1. The number of urea groups is 1. The molecule has 1 fully saturated rings. The number of nitrogens with zero attached hydrogens (tertiary/aromatic N) is 4. The number of ether oxygens (including phenoxy) is 3. The van der Waals surface area contributed by atoms with Crippen molar-refractivity contribution in [3.63, 3.8) is 0 Å². The van der Waals surface area contributed by atoms with Crippen LogP contribution in [0, 0.1) is 6.92 Å². The lowest BCUT2D eigenvalue weighted by atomic mass is 10.1. The number of amides is 3. The molecule has 0 spiro atoms. The third-order valence-corrected chi connectivity index (χ3v) is 6.57. The molecule has 1 unspecified atom stereocenters. The van der Waals surface area contributed by atoms with Crippen molar-refractivity contribution in [2.24, 2.45) is 0 Å². The second kappa shape index (κ2) is 13.0. The van der Waals surface area contributed by atoms with E-state index < -0.39 is 11.9 Å². The Morgan fingerprint density at radius 1 is 0.975 bits per heavy atom. The van der Waals surface area contributed by atoms with E-state index in [0.29, 0.717) is 28.5 Å². The quantitative estimate of drug-likeness (QED) is 0.335. The van der Waals surface area contributed by atoms with E-state index in [-0.39, 0.29) is 56.2 Å². The van der Waals surface area contributed by atoms with Gasteiger partial charge in [0.2, 0.25) is 0 Å². The Hall–Kier alpha value is -4.51. The molecule has 11 heteroatoms. The molecule has 2 aromatic carbocycles. The van der Waals surface area contributed by atoms with E-state index >= 15 is 0 Å². The SMILES string of the molecule is COCCOC(=O)c1c(C)nc(-c2ccccc2)nc1C(=O)N1CCN(C(=O)Nc2ccccc2OC)C(C)C1. The third-order valence-electron chi connectivity index (χ3n) is 6.57. The highest BCUT2D eigenvalue weighted by molar-refractivity contribution is 6.05. The molecular formula is C29H33N5O6. The molecule has 1 aliphatic heterocycles. The first-order valence-electron chi connectivity index (χ1n) is 12.9. The van der Waals surface area contributed by atoms with Crippen LogP contribution in [0.4, 0.5) is 10.5 Å². The fraction of sp³-hybridized carbons (Fsp3) is 0.345. The summed E-state index contributed by atoms with van der Waals surface area (Å²) < 4.78 is 15.6. The second-order valence-electron chi connectivity index (χ2n) is 9.27. The van der Waals surface area contributed by atoms with Crippen LogP contribution in [-0.2, 0) is 9.47 Å².